The Kier molecular flexibility index (Phi) is 4.90. The van der Waals surface area contributed by atoms with E-state index in [4.69, 9.17) is 0 Å². The molecule has 2 heterocycles. The van der Waals surface area contributed by atoms with Gasteiger partial charge < -0.3 is 15.6 Å². The number of H-pyrrole nitrogens is 1. The highest BCUT2D eigenvalue weighted by atomic mass is 16.2. The molecule has 4 aromatic rings. The summed E-state index contributed by atoms with van der Waals surface area (Å²) in [7, 11) is 0. The van der Waals surface area contributed by atoms with Gasteiger partial charge in [0.1, 0.15) is 17.9 Å². The molecule has 1 unspecified atom stereocenters. The van der Waals surface area contributed by atoms with Crippen LogP contribution in [0.4, 0.5) is 10.5 Å². The summed E-state index contributed by atoms with van der Waals surface area (Å²) >= 11 is 0. The van der Waals surface area contributed by atoms with Gasteiger partial charge in [0.25, 0.3) is 5.91 Å². The Labute approximate surface area is 189 Å². The molecule has 4 amide bonds. The number of urea groups is 1. The number of carbonyl (C=O) groups excluding carboxylic acids is 3. The van der Waals surface area contributed by atoms with Crippen LogP contribution >= 0.6 is 0 Å². The molecule has 3 aromatic carbocycles. The van der Waals surface area contributed by atoms with E-state index in [1.165, 1.54) is 0 Å². The minimum atomic E-state index is -1.20. The molecular formula is C25H21N5O3. The second kappa shape index (κ2) is 7.90. The first kappa shape index (κ1) is 20.4. The van der Waals surface area contributed by atoms with Crippen LogP contribution in [0.25, 0.3) is 22.4 Å². The molecule has 3 N–H and O–H groups in total. The van der Waals surface area contributed by atoms with Crippen molar-refractivity contribution in [1.29, 1.82) is 0 Å². The number of nitrogens with zero attached hydrogens (tertiary/aromatic N) is 2. The van der Waals surface area contributed by atoms with Crippen LogP contribution < -0.4 is 10.6 Å². The SMILES string of the molecule is CC1(c2ccccc2)NC(=O)N(CC(=O)Nc2ccc(-c3nc4ccccc4[nH]3)cc2)C1=O. The molecule has 0 aliphatic carbocycles. The lowest BCUT2D eigenvalue weighted by Gasteiger charge is -2.22. The average Bonchev–Trinajstić information content (AvgIpc) is 3.35. The summed E-state index contributed by atoms with van der Waals surface area (Å²) in [6, 6.07) is 23.3. The van der Waals surface area contributed by atoms with Gasteiger partial charge in [-0.25, -0.2) is 9.78 Å². The highest BCUT2D eigenvalue weighted by Gasteiger charge is 2.49. The lowest BCUT2D eigenvalue weighted by molar-refractivity contribution is -0.133. The fourth-order valence-electron chi connectivity index (χ4n) is 3.95. The van der Waals surface area contributed by atoms with Gasteiger partial charge in [0.15, 0.2) is 0 Å². The van der Waals surface area contributed by atoms with Crippen molar-refractivity contribution < 1.29 is 14.4 Å². The Morgan fingerprint density at radius 1 is 0.970 bits per heavy atom. The van der Waals surface area contributed by atoms with E-state index in [0.717, 1.165) is 27.3 Å². The maximum Gasteiger partial charge on any atom is 0.325 e. The zero-order valence-electron chi connectivity index (χ0n) is 17.8. The molecule has 0 radical (unpaired) electrons. The molecule has 0 saturated carbocycles. The number of hydrogen-bond donors (Lipinski definition) is 3. The molecule has 1 aliphatic heterocycles. The van der Waals surface area contributed by atoms with Crippen LogP contribution in [0.2, 0.25) is 0 Å². The zero-order chi connectivity index (χ0) is 23.0. The molecule has 1 atom stereocenters. The first-order valence-electron chi connectivity index (χ1n) is 10.5. The summed E-state index contributed by atoms with van der Waals surface area (Å²) in [5.41, 5.74) is 2.70. The van der Waals surface area contributed by atoms with Crippen LogP contribution in [0.15, 0.2) is 78.9 Å². The fraction of sp³-hybridized carbons (Fsp3) is 0.120. The molecular weight excluding hydrogens is 418 g/mol. The molecule has 1 fully saturated rings. The van der Waals surface area contributed by atoms with Crippen molar-refractivity contribution in [2.24, 2.45) is 0 Å². The molecule has 1 saturated heterocycles. The van der Waals surface area contributed by atoms with Crippen LogP contribution in [0.1, 0.15) is 12.5 Å². The predicted molar refractivity (Wildman–Crippen MR) is 124 cm³/mol. The minimum Gasteiger partial charge on any atom is -0.338 e. The summed E-state index contributed by atoms with van der Waals surface area (Å²) in [5.74, 6) is -0.199. The van der Waals surface area contributed by atoms with E-state index in [0.29, 0.717) is 11.3 Å². The first-order chi connectivity index (χ1) is 15.9. The average molecular weight is 439 g/mol. The molecule has 1 aromatic heterocycles. The van der Waals surface area contributed by atoms with E-state index in [2.05, 4.69) is 20.6 Å². The number of anilines is 1. The lowest BCUT2D eigenvalue weighted by Crippen LogP contribution is -2.42. The molecule has 8 heteroatoms. The number of nitrogens with one attached hydrogen (secondary N) is 3. The molecule has 164 valence electrons. The lowest BCUT2D eigenvalue weighted by atomic mass is 9.92. The number of rotatable bonds is 5. The van der Waals surface area contributed by atoms with Crippen LogP contribution in [0.3, 0.4) is 0 Å². The van der Waals surface area contributed by atoms with E-state index in [1.54, 1.807) is 43.3 Å². The number of aromatic nitrogens is 2. The quantitative estimate of drug-likeness (QED) is 0.413. The van der Waals surface area contributed by atoms with E-state index >= 15 is 0 Å². The van der Waals surface area contributed by atoms with Crippen molar-refractivity contribution in [2.75, 3.05) is 11.9 Å². The highest BCUT2D eigenvalue weighted by Crippen LogP contribution is 2.28. The van der Waals surface area contributed by atoms with Crippen LogP contribution in [0.5, 0.6) is 0 Å². The van der Waals surface area contributed by atoms with Gasteiger partial charge in [0.05, 0.1) is 11.0 Å². The maximum atomic E-state index is 13.0. The van der Waals surface area contributed by atoms with Gasteiger partial charge in [-0.05, 0) is 48.9 Å². The Hall–Kier alpha value is -4.46. The van der Waals surface area contributed by atoms with Gasteiger partial charge >= 0.3 is 6.03 Å². The second-order valence-electron chi connectivity index (χ2n) is 8.04. The van der Waals surface area contributed by atoms with Crippen LogP contribution in [-0.4, -0.2) is 39.3 Å². The van der Waals surface area contributed by atoms with Crippen molar-refractivity contribution in [3.63, 3.8) is 0 Å². The number of hydrogen-bond acceptors (Lipinski definition) is 4. The first-order valence-corrected chi connectivity index (χ1v) is 10.5. The summed E-state index contributed by atoms with van der Waals surface area (Å²) in [5, 5.41) is 5.44. The summed E-state index contributed by atoms with van der Waals surface area (Å²) < 4.78 is 0. The fourth-order valence-corrected chi connectivity index (χ4v) is 3.95. The summed E-state index contributed by atoms with van der Waals surface area (Å²) in [6.45, 7) is 1.26. The van der Waals surface area contributed by atoms with E-state index < -0.39 is 23.4 Å². The van der Waals surface area contributed by atoms with Crippen LogP contribution in [-0.2, 0) is 15.1 Å². The predicted octanol–water partition coefficient (Wildman–Crippen LogP) is 3.64. The third-order valence-corrected chi connectivity index (χ3v) is 5.76. The number of imidazole rings is 1. The Balaban J connectivity index is 1.26. The number of para-hydroxylation sites is 2. The van der Waals surface area contributed by atoms with Gasteiger partial charge in [-0.1, -0.05) is 42.5 Å². The third-order valence-electron chi connectivity index (χ3n) is 5.76. The maximum absolute atomic E-state index is 13.0. The van der Waals surface area contributed by atoms with E-state index in [1.807, 2.05) is 42.5 Å². The second-order valence-corrected chi connectivity index (χ2v) is 8.04. The number of carbonyl (C=O) groups is 3. The van der Waals surface area contributed by atoms with Gasteiger partial charge in [-0.15, -0.1) is 0 Å². The molecule has 5 rings (SSSR count). The molecule has 0 spiro atoms. The van der Waals surface area contributed by atoms with E-state index in [9.17, 15) is 14.4 Å². The van der Waals surface area contributed by atoms with Crippen molar-refractivity contribution in [3.8, 4) is 11.4 Å². The highest BCUT2D eigenvalue weighted by molar-refractivity contribution is 6.10. The van der Waals surface area contributed by atoms with Gasteiger partial charge in [0, 0.05) is 11.3 Å². The van der Waals surface area contributed by atoms with Crippen molar-refractivity contribution in [1.82, 2.24) is 20.2 Å². The topological polar surface area (TPSA) is 107 Å². The Morgan fingerprint density at radius 2 is 1.67 bits per heavy atom. The number of benzene rings is 3. The van der Waals surface area contributed by atoms with Crippen molar-refractivity contribution in [3.05, 3.63) is 84.4 Å². The van der Waals surface area contributed by atoms with Crippen molar-refractivity contribution >= 4 is 34.6 Å². The number of amides is 4. The zero-order valence-corrected chi connectivity index (χ0v) is 17.8. The summed E-state index contributed by atoms with van der Waals surface area (Å²) in [6.07, 6.45) is 0. The van der Waals surface area contributed by atoms with Gasteiger partial charge in [-0.2, -0.15) is 0 Å². The Morgan fingerprint density at radius 3 is 2.39 bits per heavy atom. The molecule has 8 nitrogen and oxygen atoms in total. The standard InChI is InChI=1S/C25H21N5O3/c1-25(17-7-3-2-4-8-17)23(32)30(24(33)29-25)15-21(31)26-18-13-11-16(12-14-18)22-27-19-9-5-6-10-20(19)28-22/h2-14H,15H2,1H3,(H,26,31)(H,27,28)(H,29,33). The summed E-state index contributed by atoms with van der Waals surface area (Å²) in [4.78, 5) is 46.7. The number of imide groups is 1. The normalized spacial score (nSPS) is 17.9. The van der Waals surface area contributed by atoms with Crippen LogP contribution in [0, 0.1) is 0 Å². The minimum absolute atomic E-state index is 0.377. The Bertz CT molecular complexity index is 1330. The molecule has 33 heavy (non-hydrogen) atoms. The molecule has 1 aliphatic rings. The monoisotopic (exact) mass is 439 g/mol. The third kappa shape index (κ3) is 3.71. The smallest absolute Gasteiger partial charge is 0.325 e. The van der Waals surface area contributed by atoms with E-state index in [-0.39, 0.29) is 6.54 Å². The molecule has 0 bridgehead atoms. The number of aromatic amines is 1. The van der Waals surface area contributed by atoms with Gasteiger partial charge in [-0.3, -0.25) is 14.5 Å². The largest absolute Gasteiger partial charge is 0.338 e. The number of fused-ring (bicyclic) bond motifs is 1. The van der Waals surface area contributed by atoms with Gasteiger partial charge in [0.2, 0.25) is 5.91 Å². The van der Waals surface area contributed by atoms with Crippen molar-refractivity contribution in [2.45, 2.75) is 12.5 Å².